The molecule has 0 radical (unpaired) electrons. The molecule has 0 aliphatic carbocycles. The van der Waals surface area contributed by atoms with Crippen LogP contribution in [0.5, 0.6) is 0 Å². The van der Waals surface area contributed by atoms with Gasteiger partial charge in [-0.25, -0.2) is 4.98 Å². The van der Waals surface area contributed by atoms with E-state index in [4.69, 9.17) is 0 Å². The van der Waals surface area contributed by atoms with Crippen LogP contribution in [-0.4, -0.2) is 23.5 Å². The van der Waals surface area contributed by atoms with Gasteiger partial charge in [-0.05, 0) is 33.7 Å². The van der Waals surface area contributed by atoms with Gasteiger partial charge in [0.2, 0.25) is 5.91 Å². The molecule has 2 N–H and O–H groups in total. The van der Waals surface area contributed by atoms with Gasteiger partial charge in [-0.2, -0.15) is 0 Å². The summed E-state index contributed by atoms with van der Waals surface area (Å²) in [5.41, 5.74) is 0.998. The molecule has 0 aromatic carbocycles. The second-order valence-corrected chi connectivity index (χ2v) is 5.49. The van der Waals surface area contributed by atoms with Crippen LogP contribution in [0.1, 0.15) is 23.9 Å². The summed E-state index contributed by atoms with van der Waals surface area (Å²) in [6.07, 6.45) is 0.913. The van der Waals surface area contributed by atoms with Gasteiger partial charge in [0.25, 0.3) is 0 Å². The van der Waals surface area contributed by atoms with Crippen LogP contribution < -0.4 is 10.6 Å². The number of carbonyl (C=O) groups is 1. The van der Waals surface area contributed by atoms with Crippen molar-refractivity contribution >= 4 is 22.4 Å². The van der Waals surface area contributed by atoms with E-state index in [1.165, 1.54) is 11.3 Å². The summed E-state index contributed by atoms with van der Waals surface area (Å²) in [5.74, 6) is 0.163. The highest BCUT2D eigenvalue weighted by atomic mass is 32.1. The van der Waals surface area contributed by atoms with Crippen molar-refractivity contribution in [3.63, 3.8) is 0 Å². The number of aromatic nitrogens is 1. The van der Waals surface area contributed by atoms with Gasteiger partial charge < -0.3 is 10.6 Å². The lowest BCUT2D eigenvalue weighted by atomic mass is 10.0. The van der Waals surface area contributed by atoms with Crippen molar-refractivity contribution in [2.75, 3.05) is 11.9 Å². The van der Waals surface area contributed by atoms with Crippen LogP contribution in [0.15, 0.2) is 0 Å². The number of nitrogens with one attached hydrogen (secondary N) is 2. The summed E-state index contributed by atoms with van der Waals surface area (Å²) in [6, 6.07) is 0.266. The zero-order valence-electron chi connectivity index (χ0n) is 9.83. The third-order valence-corrected chi connectivity index (χ3v) is 4.11. The summed E-state index contributed by atoms with van der Waals surface area (Å²) in [4.78, 5) is 17.4. The molecular formula is C11H17N3OS. The van der Waals surface area contributed by atoms with Crippen molar-refractivity contribution in [3.05, 3.63) is 10.6 Å². The average molecular weight is 239 g/mol. The Labute approximate surface area is 99.5 Å². The Morgan fingerprint density at radius 1 is 1.56 bits per heavy atom. The van der Waals surface area contributed by atoms with Crippen molar-refractivity contribution in [2.45, 2.75) is 33.2 Å². The Balaban J connectivity index is 2.01. The first-order valence-electron chi connectivity index (χ1n) is 5.56. The zero-order chi connectivity index (χ0) is 11.7. The Morgan fingerprint density at radius 2 is 2.31 bits per heavy atom. The molecule has 1 aromatic rings. The number of rotatable bonds is 2. The van der Waals surface area contributed by atoms with Crippen molar-refractivity contribution in [1.29, 1.82) is 0 Å². The molecule has 2 rings (SSSR count). The second kappa shape index (κ2) is 4.51. The van der Waals surface area contributed by atoms with Gasteiger partial charge in [0.15, 0.2) is 5.13 Å². The summed E-state index contributed by atoms with van der Waals surface area (Å²) in [7, 11) is 0. The first kappa shape index (κ1) is 11.5. The fourth-order valence-corrected chi connectivity index (χ4v) is 2.76. The van der Waals surface area contributed by atoms with Crippen molar-refractivity contribution in [1.82, 2.24) is 10.3 Å². The molecule has 2 heterocycles. The van der Waals surface area contributed by atoms with E-state index >= 15 is 0 Å². The fourth-order valence-electron chi connectivity index (χ4n) is 1.94. The maximum atomic E-state index is 12.0. The molecule has 1 amide bonds. The molecule has 2 unspecified atom stereocenters. The van der Waals surface area contributed by atoms with Crippen molar-refractivity contribution in [3.8, 4) is 0 Å². The van der Waals surface area contributed by atoms with Gasteiger partial charge in [-0.1, -0.05) is 0 Å². The molecule has 4 nitrogen and oxygen atoms in total. The van der Waals surface area contributed by atoms with Gasteiger partial charge in [0.05, 0.1) is 11.6 Å². The van der Waals surface area contributed by atoms with Crippen LogP contribution >= 0.6 is 11.3 Å². The normalized spacial score (nSPS) is 24.7. The Hall–Kier alpha value is -0.940. The molecule has 88 valence electrons. The van der Waals surface area contributed by atoms with Crippen LogP contribution in [0.2, 0.25) is 0 Å². The van der Waals surface area contributed by atoms with Crippen LogP contribution in [-0.2, 0) is 4.79 Å². The van der Waals surface area contributed by atoms with Crippen LogP contribution in [0, 0.1) is 19.8 Å². The van der Waals surface area contributed by atoms with Gasteiger partial charge in [0, 0.05) is 10.9 Å². The Morgan fingerprint density at radius 3 is 2.81 bits per heavy atom. The molecule has 0 bridgehead atoms. The minimum atomic E-state index is 0.0736. The standard InChI is InChI=1S/C11H17N3OS/c1-6-8(3)16-11(13-6)14-10(15)9-4-5-12-7(9)2/h7,9,12H,4-5H2,1-3H3,(H,13,14,15). The molecule has 0 saturated carbocycles. The van der Waals surface area contributed by atoms with Crippen molar-refractivity contribution in [2.24, 2.45) is 5.92 Å². The molecule has 1 aliphatic rings. The maximum absolute atomic E-state index is 12.0. The lowest BCUT2D eigenvalue weighted by Crippen LogP contribution is -2.32. The summed E-state index contributed by atoms with van der Waals surface area (Å²) in [5, 5.41) is 6.90. The third kappa shape index (κ3) is 2.25. The second-order valence-electron chi connectivity index (χ2n) is 4.29. The van der Waals surface area contributed by atoms with E-state index < -0.39 is 0 Å². The van der Waals surface area contributed by atoms with Crippen molar-refractivity contribution < 1.29 is 4.79 Å². The van der Waals surface area contributed by atoms with Crippen LogP contribution in [0.3, 0.4) is 0 Å². The predicted molar refractivity (Wildman–Crippen MR) is 65.8 cm³/mol. The summed E-state index contributed by atoms with van der Waals surface area (Å²) < 4.78 is 0. The van der Waals surface area contributed by atoms with Gasteiger partial charge in [0.1, 0.15) is 0 Å². The number of nitrogens with zero attached hydrogens (tertiary/aromatic N) is 1. The Bertz CT molecular complexity index is 382. The zero-order valence-corrected chi connectivity index (χ0v) is 10.6. The SMILES string of the molecule is Cc1nc(NC(=O)C2CCNC2C)sc1C. The van der Waals surface area contributed by atoms with E-state index in [1.807, 2.05) is 13.8 Å². The number of thiazole rings is 1. The third-order valence-electron chi connectivity index (χ3n) is 3.12. The maximum Gasteiger partial charge on any atom is 0.230 e. The number of anilines is 1. The monoisotopic (exact) mass is 239 g/mol. The predicted octanol–water partition coefficient (Wildman–Crippen LogP) is 1.70. The quantitative estimate of drug-likeness (QED) is 0.826. The van der Waals surface area contributed by atoms with Gasteiger partial charge >= 0.3 is 0 Å². The lowest BCUT2D eigenvalue weighted by Gasteiger charge is -2.13. The molecule has 5 heteroatoms. The highest BCUT2D eigenvalue weighted by Crippen LogP contribution is 2.23. The smallest absolute Gasteiger partial charge is 0.230 e. The molecular weight excluding hydrogens is 222 g/mol. The number of aryl methyl sites for hydroxylation is 2. The first-order chi connectivity index (χ1) is 7.58. The van der Waals surface area contributed by atoms with E-state index in [0.29, 0.717) is 0 Å². The highest BCUT2D eigenvalue weighted by Gasteiger charge is 2.29. The number of carbonyl (C=O) groups excluding carboxylic acids is 1. The van der Waals surface area contributed by atoms with Crippen LogP contribution in [0.25, 0.3) is 0 Å². The largest absolute Gasteiger partial charge is 0.313 e. The highest BCUT2D eigenvalue weighted by molar-refractivity contribution is 7.15. The van der Waals surface area contributed by atoms with Gasteiger partial charge in [-0.15, -0.1) is 11.3 Å². The van der Waals surface area contributed by atoms with E-state index in [9.17, 15) is 4.79 Å². The molecule has 0 spiro atoms. The summed E-state index contributed by atoms with van der Waals surface area (Å²) >= 11 is 1.54. The minimum absolute atomic E-state index is 0.0736. The molecule has 1 fully saturated rings. The van der Waals surface area contributed by atoms with Gasteiger partial charge in [-0.3, -0.25) is 4.79 Å². The fraction of sp³-hybridized carbons (Fsp3) is 0.636. The van der Waals surface area contributed by atoms with Crippen LogP contribution in [0.4, 0.5) is 5.13 Å². The molecule has 1 aromatic heterocycles. The molecule has 1 saturated heterocycles. The number of hydrogen-bond acceptors (Lipinski definition) is 4. The van der Waals surface area contributed by atoms with E-state index in [-0.39, 0.29) is 17.9 Å². The Kier molecular flexibility index (Phi) is 3.25. The first-order valence-corrected chi connectivity index (χ1v) is 6.38. The van der Waals surface area contributed by atoms with E-state index in [1.54, 1.807) is 0 Å². The average Bonchev–Trinajstić information content (AvgIpc) is 2.74. The number of amides is 1. The molecule has 1 aliphatic heterocycles. The molecule has 16 heavy (non-hydrogen) atoms. The minimum Gasteiger partial charge on any atom is -0.313 e. The lowest BCUT2D eigenvalue weighted by molar-refractivity contribution is -0.119. The summed E-state index contributed by atoms with van der Waals surface area (Å²) in [6.45, 7) is 6.95. The number of hydrogen-bond donors (Lipinski definition) is 2. The van der Waals surface area contributed by atoms with E-state index in [2.05, 4.69) is 22.5 Å². The topological polar surface area (TPSA) is 54.0 Å². The van der Waals surface area contributed by atoms with E-state index in [0.717, 1.165) is 28.7 Å². The molecule has 2 atom stereocenters.